The average molecular weight is 694 g/mol. The van der Waals surface area contributed by atoms with Gasteiger partial charge in [0.15, 0.2) is 0 Å². The molecule has 12 bridgehead atoms. The standard InChI is InChI=1S/C45H63N3O3/c1-37-10-28-11-38(2,19-37)23-43(16-28,22-37)46-34(49)31-7-32(35(50)47-44-17-29-12-39(3,24-44)20-40(4,13-29)25-44)9-33(8-31)36(51)48-45-18-30-14-41(5,26-45)21-42(6,15-30)27-45/h7-9,28-30H,10-27H2,1-6H3,(H,46,49)(H,47,50)(H,48,51). The highest BCUT2D eigenvalue weighted by Gasteiger charge is 2.63. The zero-order chi connectivity index (χ0) is 35.7. The van der Waals surface area contributed by atoms with Crippen molar-refractivity contribution in [1.82, 2.24) is 16.0 Å². The summed E-state index contributed by atoms with van der Waals surface area (Å²) >= 11 is 0. The van der Waals surface area contributed by atoms with Crippen LogP contribution >= 0.6 is 0 Å². The Bertz CT molecular complexity index is 1500. The fourth-order valence-corrected chi connectivity index (χ4v) is 18.7. The first kappa shape index (κ1) is 33.2. The van der Waals surface area contributed by atoms with Crippen molar-refractivity contribution >= 4 is 17.7 Å². The first-order valence-corrected chi connectivity index (χ1v) is 20.8. The minimum atomic E-state index is -0.213. The van der Waals surface area contributed by atoms with Gasteiger partial charge in [0.2, 0.25) is 0 Å². The number of carbonyl (C=O) groups is 3. The monoisotopic (exact) mass is 693 g/mol. The molecule has 12 aliphatic carbocycles. The summed E-state index contributed by atoms with van der Waals surface area (Å²) in [6, 6.07) is 5.38. The zero-order valence-corrected chi connectivity index (χ0v) is 32.4. The zero-order valence-electron chi connectivity index (χ0n) is 32.4. The lowest BCUT2D eigenvalue weighted by Crippen LogP contribution is -2.65. The number of carbonyl (C=O) groups excluding carboxylic acids is 3. The Morgan fingerprint density at radius 3 is 0.804 bits per heavy atom. The molecule has 13 rings (SSSR count). The van der Waals surface area contributed by atoms with E-state index in [1.165, 1.54) is 57.8 Å². The van der Waals surface area contributed by atoms with Gasteiger partial charge in [0.05, 0.1) is 0 Å². The molecule has 0 saturated heterocycles. The van der Waals surface area contributed by atoms with E-state index in [9.17, 15) is 14.4 Å². The summed E-state index contributed by atoms with van der Waals surface area (Å²) in [4.78, 5) is 43.5. The first-order valence-electron chi connectivity index (χ1n) is 20.8. The lowest BCUT2D eigenvalue weighted by molar-refractivity contribution is -0.114. The summed E-state index contributed by atoms with van der Waals surface area (Å²) in [5, 5.41) is 10.8. The van der Waals surface area contributed by atoms with Gasteiger partial charge in [-0.05, 0) is 184 Å². The average Bonchev–Trinajstić information content (AvgIpc) is 2.90. The molecule has 1 aromatic carbocycles. The Morgan fingerprint density at radius 2 is 0.608 bits per heavy atom. The predicted octanol–water partition coefficient (Wildman–Crippen LogP) is 9.12. The highest BCUT2D eigenvalue weighted by Crippen LogP contribution is 2.68. The van der Waals surface area contributed by atoms with Gasteiger partial charge in [-0.25, -0.2) is 0 Å². The fraction of sp³-hybridized carbons (Fsp3) is 0.800. The minimum Gasteiger partial charge on any atom is -0.347 e. The van der Waals surface area contributed by atoms with Crippen molar-refractivity contribution < 1.29 is 14.4 Å². The SMILES string of the molecule is CC12CC3CC(C)(C1)CC(NC(=O)c1cc(C(=O)NC45CC6CC(C)(CC(C)(C6)C4)C5)cc(C(=O)NC45CC6CC(C)(CC(C)(C6)C4)C5)c1)(C3)C2. The van der Waals surface area contributed by atoms with E-state index >= 15 is 0 Å². The molecule has 6 nitrogen and oxygen atoms in total. The van der Waals surface area contributed by atoms with Gasteiger partial charge < -0.3 is 16.0 Å². The molecule has 0 radical (unpaired) electrons. The lowest BCUT2D eigenvalue weighted by atomic mass is 9.42. The molecule has 0 heterocycles. The number of hydrogen-bond donors (Lipinski definition) is 3. The van der Waals surface area contributed by atoms with E-state index in [0.29, 0.717) is 34.4 Å². The van der Waals surface area contributed by atoms with E-state index in [1.807, 2.05) is 0 Å². The molecule has 6 heteroatoms. The molecule has 12 fully saturated rings. The van der Waals surface area contributed by atoms with Crippen LogP contribution in [0.15, 0.2) is 18.2 Å². The molecule has 0 spiro atoms. The van der Waals surface area contributed by atoms with E-state index in [1.54, 1.807) is 18.2 Å². The summed E-state index contributed by atoms with van der Waals surface area (Å²) in [5.41, 5.74) is 2.32. The van der Waals surface area contributed by atoms with E-state index in [4.69, 9.17) is 0 Å². The molecule has 1 aromatic rings. The van der Waals surface area contributed by atoms with Crippen LogP contribution in [0.2, 0.25) is 0 Å². The van der Waals surface area contributed by atoms with Crippen molar-refractivity contribution in [2.75, 3.05) is 0 Å². The highest BCUT2D eigenvalue weighted by molar-refractivity contribution is 6.05. The van der Waals surface area contributed by atoms with Crippen molar-refractivity contribution in [2.45, 2.75) is 174 Å². The number of rotatable bonds is 6. The van der Waals surface area contributed by atoms with Gasteiger partial charge in [-0.1, -0.05) is 41.5 Å². The van der Waals surface area contributed by atoms with Crippen LogP contribution in [0, 0.1) is 50.2 Å². The first-order chi connectivity index (χ1) is 23.7. The number of benzene rings is 1. The van der Waals surface area contributed by atoms with Crippen LogP contribution < -0.4 is 16.0 Å². The number of amides is 3. The van der Waals surface area contributed by atoms with Crippen molar-refractivity contribution in [1.29, 1.82) is 0 Å². The molecule has 3 amide bonds. The van der Waals surface area contributed by atoms with E-state index in [2.05, 4.69) is 57.5 Å². The third-order valence-corrected chi connectivity index (χ3v) is 16.7. The molecule has 276 valence electrons. The number of hydrogen-bond acceptors (Lipinski definition) is 3. The Hall–Kier alpha value is -2.37. The Labute approximate surface area is 306 Å². The van der Waals surface area contributed by atoms with E-state index in [0.717, 1.165) is 57.8 Å². The molecule has 12 aliphatic rings. The second-order valence-corrected chi connectivity index (χ2v) is 23.9. The molecule has 6 atom stereocenters. The van der Waals surface area contributed by atoms with Crippen LogP contribution in [-0.2, 0) is 0 Å². The van der Waals surface area contributed by atoms with Gasteiger partial charge >= 0.3 is 0 Å². The second kappa shape index (κ2) is 9.83. The fourth-order valence-electron chi connectivity index (χ4n) is 18.7. The van der Waals surface area contributed by atoms with Gasteiger partial charge in [-0.3, -0.25) is 14.4 Å². The maximum absolute atomic E-state index is 14.5. The summed E-state index contributed by atoms with van der Waals surface area (Å²) in [7, 11) is 0. The molecule has 0 aliphatic heterocycles. The van der Waals surface area contributed by atoms with Crippen molar-refractivity contribution in [3.05, 3.63) is 34.9 Å². The van der Waals surface area contributed by atoms with E-state index < -0.39 is 0 Å². The Balaban J connectivity index is 0.973. The Morgan fingerprint density at radius 1 is 0.392 bits per heavy atom. The van der Waals surface area contributed by atoms with Crippen LogP contribution in [0.3, 0.4) is 0 Å². The molecular formula is C45H63N3O3. The van der Waals surface area contributed by atoms with Gasteiger partial charge in [-0.2, -0.15) is 0 Å². The summed E-state index contributed by atoms with van der Waals surface area (Å²) in [6.07, 6.45) is 20.6. The molecule has 0 aromatic heterocycles. The molecule has 51 heavy (non-hydrogen) atoms. The lowest BCUT2D eigenvalue weighted by Gasteiger charge is -2.65. The van der Waals surface area contributed by atoms with Crippen LogP contribution in [0.5, 0.6) is 0 Å². The van der Waals surface area contributed by atoms with Crippen LogP contribution in [-0.4, -0.2) is 34.3 Å². The molecule has 3 N–H and O–H groups in total. The van der Waals surface area contributed by atoms with Gasteiger partial charge in [-0.15, -0.1) is 0 Å². The summed E-state index contributed by atoms with van der Waals surface area (Å²) in [5.74, 6) is 1.58. The molecular weight excluding hydrogens is 631 g/mol. The minimum absolute atomic E-state index is 0.127. The predicted molar refractivity (Wildman–Crippen MR) is 199 cm³/mol. The maximum atomic E-state index is 14.5. The highest BCUT2D eigenvalue weighted by atomic mass is 16.2. The Kier molecular flexibility index (Phi) is 6.40. The van der Waals surface area contributed by atoms with Gasteiger partial charge in [0, 0.05) is 33.3 Å². The summed E-state index contributed by atoms with van der Waals surface area (Å²) < 4.78 is 0. The largest absolute Gasteiger partial charge is 0.347 e. The van der Waals surface area contributed by atoms with Crippen LogP contribution in [0.25, 0.3) is 0 Å². The van der Waals surface area contributed by atoms with Crippen molar-refractivity contribution in [2.24, 2.45) is 50.2 Å². The third-order valence-electron chi connectivity index (χ3n) is 16.7. The van der Waals surface area contributed by atoms with Crippen molar-refractivity contribution in [3.8, 4) is 0 Å². The quantitative estimate of drug-likeness (QED) is 0.278. The van der Waals surface area contributed by atoms with Gasteiger partial charge in [0.25, 0.3) is 17.7 Å². The van der Waals surface area contributed by atoms with Crippen LogP contribution in [0.1, 0.15) is 188 Å². The van der Waals surface area contributed by atoms with Gasteiger partial charge in [0.1, 0.15) is 0 Å². The van der Waals surface area contributed by atoms with Crippen LogP contribution in [0.4, 0.5) is 0 Å². The second-order valence-electron chi connectivity index (χ2n) is 23.9. The number of nitrogens with one attached hydrogen (secondary N) is 3. The topological polar surface area (TPSA) is 87.3 Å². The smallest absolute Gasteiger partial charge is 0.251 e. The normalized spacial score (nSPS) is 52.2. The van der Waals surface area contributed by atoms with E-state index in [-0.39, 0.29) is 66.8 Å². The third kappa shape index (κ3) is 5.39. The summed E-state index contributed by atoms with van der Waals surface area (Å²) in [6.45, 7) is 14.6. The molecule has 12 saturated carbocycles. The maximum Gasteiger partial charge on any atom is 0.251 e. The molecule has 6 unspecified atom stereocenters. The van der Waals surface area contributed by atoms with Crippen molar-refractivity contribution in [3.63, 3.8) is 0 Å².